The summed E-state index contributed by atoms with van der Waals surface area (Å²) < 4.78 is 4.98. The molecule has 104 valence electrons. The smallest absolute Gasteiger partial charge is 0.408 e. The van der Waals surface area contributed by atoms with Crippen LogP contribution < -0.4 is 16.8 Å². The number of benzene rings is 1. The van der Waals surface area contributed by atoms with E-state index < -0.39 is 5.76 Å². The fourth-order valence-electron chi connectivity index (χ4n) is 2.50. The van der Waals surface area contributed by atoms with Crippen molar-refractivity contribution in [2.75, 3.05) is 11.1 Å². The first-order valence-corrected chi connectivity index (χ1v) is 6.74. The average Bonchev–Trinajstić information content (AvgIpc) is 2.70. The molecule has 0 aliphatic heterocycles. The van der Waals surface area contributed by atoms with Gasteiger partial charge < -0.3 is 15.5 Å². The number of nitrogens with two attached hydrogens (primary N) is 1. The van der Waals surface area contributed by atoms with Crippen molar-refractivity contribution in [2.24, 2.45) is 5.92 Å². The van der Waals surface area contributed by atoms with Crippen LogP contribution in [0, 0.1) is 5.92 Å². The maximum Gasteiger partial charge on any atom is 0.417 e. The lowest BCUT2D eigenvalue weighted by molar-refractivity contribution is 0.438. The van der Waals surface area contributed by atoms with Gasteiger partial charge in [-0.3, -0.25) is 4.98 Å². The second-order valence-electron chi connectivity index (χ2n) is 4.96. The summed E-state index contributed by atoms with van der Waals surface area (Å²) >= 11 is 0. The van der Waals surface area contributed by atoms with Crippen LogP contribution in [0.4, 0.5) is 11.4 Å². The molecule has 0 saturated heterocycles. The first kappa shape index (κ1) is 13.5. The molecule has 0 bridgehead atoms. The van der Waals surface area contributed by atoms with Crippen LogP contribution in [0.2, 0.25) is 0 Å². The molecule has 0 aliphatic carbocycles. The van der Waals surface area contributed by atoms with Gasteiger partial charge in [0.05, 0.1) is 16.9 Å². The van der Waals surface area contributed by atoms with E-state index >= 15 is 0 Å². The Bertz CT molecular complexity index is 611. The van der Waals surface area contributed by atoms with Gasteiger partial charge in [-0.2, -0.15) is 0 Å². The summed E-state index contributed by atoms with van der Waals surface area (Å²) in [6.45, 7) is 6.53. The number of nitrogens with one attached hydrogen (secondary N) is 2. The van der Waals surface area contributed by atoms with Gasteiger partial charge in [0.15, 0.2) is 5.58 Å². The third-order valence-corrected chi connectivity index (χ3v) is 3.73. The summed E-state index contributed by atoms with van der Waals surface area (Å²) in [6.07, 6.45) is 2.24. The standard InChI is InChI=1S/C14H21N3O2/c1-4-9(5-2)8(3)16-11-7-12-13(6-10(11)15)19-14(18)17-12/h6-9,16H,4-5,15H2,1-3H3,(H,17,18). The van der Waals surface area contributed by atoms with E-state index in [0.29, 0.717) is 28.7 Å². The van der Waals surface area contributed by atoms with Crippen molar-refractivity contribution >= 4 is 22.5 Å². The van der Waals surface area contributed by atoms with Gasteiger partial charge in [-0.05, 0) is 18.9 Å². The second kappa shape index (κ2) is 5.38. The SMILES string of the molecule is CCC(CC)C(C)Nc1cc2[nH]c(=O)oc2cc1N. The predicted molar refractivity (Wildman–Crippen MR) is 78.4 cm³/mol. The van der Waals surface area contributed by atoms with Gasteiger partial charge in [-0.15, -0.1) is 0 Å². The molecule has 0 amide bonds. The molecule has 5 heteroatoms. The van der Waals surface area contributed by atoms with Gasteiger partial charge in [0.25, 0.3) is 0 Å². The second-order valence-corrected chi connectivity index (χ2v) is 4.96. The fourth-order valence-corrected chi connectivity index (χ4v) is 2.50. The number of fused-ring (bicyclic) bond motifs is 1. The molecule has 4 N–H and O–H groups in total. The van der Waals surface area contributed by atoms with Crippen LogP contribution in [0.15, 0.2) is 21.3 Å². The molecule has 1 unspecified atom stereocenters. The van der Waals surface area contributed by atoms with E-state index in [1.54, 1.807) is 6.07 Å². The molecule has 5 nitrogen and oxygen atoms in total. The summed E-state index contributed by atoms with van der Waals surface area (Å²) in [4.78, 5) is 13.8. The number of aromatic amines is 1. The third kappa shape index (κ3) is 2.75. The van der Waals surface area contributed by atoms with Gasteiger partial charge in [0.2, 0.25) is 0 Å². The van der Waals surface area contributed by atoms with Gasteiger partial charge in [-0.1, -0.05) is 26.7 Å². The van der Waals surface area contributed by atoms with Gasteiger partial charge in [-0.25, -0.2) is 4.79 Å². The lowest BCUT2D eigenvalue weighted by atomic mass is 9.95. The average molecular weight is 263 g/mol. The molecule has 1 aromatic carbocycles. The van der Waals surface area contributed by atoms with Crippen LogP contribution in [0.25, 0.3) is 11.1 Å². The molecule has 19 heavy (non-hydrogen) atoms. The highest BCUT2D eigenvalue weighted by Gasteiger charge is 2.15. The number of oxazole rings is 1. The van der Waals surface area contributed by atoms with Gasteiger partial charge in [0.1, 0.15) is 0 Å². The van der Waals surface area contributed by atoms with E-state index in [4.69, 9.17) is 10.2 Å². The first-order valence-electron chi connectivity index (χ1n) is 6.74. The number of anilines is 2. The van der Waals surface area contributed by atoms with Gasteiger partial charge in [0, 0.05) is 12.1 Å². The zero-order valence-electron chi connectivity index (χ0n) is 11.6. The quantitative estimate of drug-likeness (QED) is 0.724. The molecule has 2 rings (SSSR count). The number of rotatable bonds is 5. The summed E-state index contributed by atoms with van der Waals surface area (Å²) in [7, 11) is 0. The zero-order chi connectivity index (χ0) is 14.0. The van der Waals surface area contributed by atoms with Crippen molar-refractivity contribution in [1.29, 1.82) is 0 Å². The molecule has 0 fully saturated rings. The van der Waals surface area contributed by atoms with E-state index in [1.165, 1.54) is 0 Å². The lowest BCUT2D eigenvalue weighted by Gasteiger charge is -2.24. The van der Waals surface area contributed by atoms with Crippen LogP contribution in [0.3, 0.4) is 0 Å². The van der Waals surface area contributed by atoms with Crippen LogP contribution in [0.1, 0.15) is 33.6 Å². The van der Waals surface area contributed by atoms with Crippen molar-refractivity contribution < 1.29 is 4.42 Å². The predicted octanol–water partition coefficient (Wildman–Crippen LogP) is 2.94. The Balaban J connectivity index is 2.29. The largest absolute Gasteiger partial charge is 0.417 e. The number of hydrogen-bond acceptors (Lipinski definition) is 4. The maximum atomic E-state index is 11.2. The third-order valence-electron chi connectivity index (χ3n) is 3.73. The van der Waals surface area contributed by atoms with Crippen molar-refractivity contribution in [3.8, 4) is 0 Å². The van der Waals surface area contributed by atoms with Crippen LogP contribution in [-0.4, -0.2) is 11.0 Å². The van der Waals surface area contributed by atoms with Gasteiger partial charge >= 0.3 is 5.76 Å². The highest BCUT2D eigenvalue weighted by Crippen LogP contribution is 2.27. The van der Waals surface area contributed by atoms with Crippen LogP contribution in [0.5, 0.6) is 0 Å². The highest BCUT2D eigenvalue weighted by atomic mass is 16.4. The van der Waals surface area contributed by atoms with E-state index in [-0.39, 0.29) is 0 Å². The fraction of sp³-hybridized carbons (Fsp3) is 0.500. The topological polar surface area (TPSA) is 84.0 Å². The van der Waals surface area contributed by atoms with Crippen molar-refractivity contribution in [3.05, 3.63) is 22.7 Å². The Morgan fingerprint density at radius 3 is 2.68 bits per heavy atom. The Morgan fingerprint density at radius 1 is 1.37 bits per heavy atom. The lowest BCUT2D eigenvalue weighted by Crippen LogP contribution is -2.25. The molecule has 1 heterocycles. The molecular weight excluding hydrogens is 242 g/mol. The number of aromatic nitrogens is 1. The van der Waals surface area contributed by atoms with Crippen LogP contribution >= 0.6 is 0 Å². The normalized spacial score (nSPS) is 13.1. The molecule has 1 atom stereocenters. The number of nitrogen functional groups attached to an aromatic ring is 1. The van der Waals surface area contributed by atoms with Crippen molar-refractivity contribution in [3.63, 3.8) is 0 Å². The van der Waals surface area contributed by atoms with Crippen molar-refractivity contribution in [2.45, 2.75) is 39.7 Å². The Labute approximate surface area is 112 Å². The van der Waals surface area contributed by atoms with E-state index in [2.05, 4.69) is 31.1 Å². The van der Waals surface area contributed by atoms with Crippen molar-refractivity contribution in [1.82, 2.24) is 4.98 Å². The molecule has 0 saturated carbocycles. The van der Waals surface area contributed by atoms with E-state index in [1.807, 2.05) is 6.07 Å². The summed E-state index contributed by atoms with van der Waals surface area (Å²) in [5.41, 5.74) is 8.57. The minimum absolute atomic E-state index is 0.327. The maximum absolute atomic E-state index is 11.2. The summed E-state index contributed by atoms with van der Waals surface area (Å²) in [5, 5.41) is 3.42. The molecule has 0 spiro atoms. The Hall–Kier alpha value is -1.91. The molecular formula is C14H21N3O2. The highest BCUT2D eigenvalue weighted by molar-refractivity contribution is 5.85. The Kier molecular flexibility index (Phi) is 3.83. The zero-order valence-corrected chi connectivity index (χ0v) is 11.6. The minimum atomic E-state index is -0.459. The monoisotopic (exact) mass is 263 g/mol. The summed E-state index contributed by atoms with van der Waals surface area (Å²) in [6, 6.07) is 3.83. The number of hydrogen-bond donors (Lipinski definition) is 3. The van der Waals surface area contributed by atoms with E-state index in [9.17, 15) is 4.79 Å². The molecule has 0 radical (unpaired) electrons. The molecule has 0 aliphatic rings. The minimum Gasteiger partial charge on any atom is -0.408 e. The summed E-state index contributed by atoms with van der Waals surface area (Å²) in [5.74, 6) is 0.137. The first-order chi connectivity index (χ1) is 9.05. The van der Waals surface area contributed by atoms with Crippen LogP contribution in [-0.2, 0) is 0 Å². The number of H-pyrrole nitrogens is 1. The molecule has 2 aromatic rings. The van der Waals surface area contributed by atoms with E-state index in [0.717, 1.165) is 18.5 Å². The molecule has 1 aromatic heterocycles. The Morgan fingerprint density at radius 2 is 2.05 bits per heavy atom.